The molecule has 0 aliphatic carbocycles. The van der Waals surface area contributed by atoms with E-state index in [0.717, 1.165) is 18.4 Å². The molecule has 2 unspecified atom stereocenters. The van der Waals surface area contributed by atoms with Crippen molar-refractivity contribution in [2.24, 2.45) is 5.92 Å². The average molecular weight is 237 g/mol. The Hall–Kier alpha value is -0.890. The number of hydrogen-bond donors (Lipinski definition) is 1. The minimum absolute atomic E-state index is 0.0984. The summed E-state index contributed by atoms with van der Waals surface area (Å²) in [5.41, 5.74) is 0.797. The molecule has 2 atom stereocenters. The molecule has 0 heterocycles. The third-order valence-corrected chi connectivity index (χ3v) is 3.23. The Kier molecular flexibility index (Phi) is 5.63. The molecule has 0 aliphatic rings. The van der Waals surface area contributed by atoms with Crippen molar-refractivity contribution in [3.05, 3.63) is 35.6 Å². The predicted octanol–water partition coefficient (Wildman–Crippen LogP) is 3.78. The summed E-state index contributed by atoms with van der Waals surface area (Å²) in [7, 11) is 0. The number of halogens is 1. The normalized spacial score (nSPS) is 14.9. The molecule has 1 nitrogen and oxygen atoms in total. The fourth-order valence-electron chi connectivity index (χ4n) is 2.20. The van der Waals surface area contributed by atoms with Crippen LogP contribution in [0.1, 0.15) is 39.7 Å². The van der Waals surface area contributed by atoms with Gasteiger partial charge in [-0.15, -0.1) is 0 Å². The van der Waals surface area contributed by atoms with Gasteiger partial charge in [0.05, 0.1) is 0 Å². The van der Waals surface area contributed by atoms with Crippen LogP contribution in [-0.4, -0.2) is 12.1 Å². The topological polar surface area (TPSA) is 12.0 Å². The molecule has 0 saturated heterocycles. The molecular formula is C15H24FN. The van der Waals surface area contributed by atoms with Crippen molar-refractivity contribution in [3.63, 3.8) is 0 Å². The lowest BCUT2D eigenvalue weighted by Crippen LogP contribution is -2.40. The summed E-state index contributed by atoms with van der Waals surface area (Å²) in [4.78, 5) is 0. The van der Waals surface area contributed by atoms with Crippen molar-refractivity contribution in [1.82, 2.24) is 5.32 Å². The Labute approximate surface area is 104 Å². The van der Waals surface area contributed by atoms with Crippen LogP contribution in [0.2, 0.25) is 0 Å². The fraction of sp³-hybridized carbons (Fsp3) is 0.600. The molecule has 0 radical (unpaired) electrons. The van der Waals surface area contributed by atoms with Gasteiger partial charge in [0.25, 0.3) is 0 Å². The van der Waals surface area contributed by atoms with Gasteiger partial charge in [-0.25, -0.2) is 4.39 Å². The Balaban J connectivity index is 2.55. The van der Waals surface area contributed by atoms with Gasteiger partial charge in [0.1, 0.15) is 5.82 Å². The van der Waals surface area contributed by atoms with E-state index in [0.29, 0.717) is 18.0 Å². The Morgan fingerprint density at radius 1 is 1.18 bits per heavy atom. The van der Waals surface area contributed by atoms with Gasteiger partial charge >= 0.3 is 0 Å². The molecular weight excluding hydrogens is 213 g/mol. The molecule has 2 heteroatoms. The zero-order valence-corrected chi connectivity index (χ0v) is 11.3. The van der Waals surface area contributed by atoms with Crippen LogP contribution in [0.4, 0.5) is 4.39 Å². The van der Waals surface area contributed by atoms with Crippen molar-refractivity contribution in [2.45, 2.75) is 52.6 Å². The van der Waals surface area contributed by atoms with E-state index in [1.54, 1.807) is 6.07 Å². The molecule has 1 N–H and O–H groups in total. The highest BCUT2D eigenvalue weighted by atomic mass is 19.1. The monoisotopic (exact) mass is 237 g/mol. The van der Waals surface area contributed by atoms with Crippen LogP contribution in [0.5, 0.6) is 0 Å². The quantitative estimate of drug-likeness (QED) is 0.794. The maximum atomic E-state index is 13.5. The molecule has 1 aromatic rings. The first-order chi connectivity index (χ1) is 8.04. The second kappa shape index (κ2) is 6.75. The van der Waals surface area contributed by atoms with E-state index in [1.807, 2.05) is 12.1 Å². The molecule has 0 bridgehead atoms. The van der Waals surface area contributed by atoms with Crippen LogP contribution in [0, 0.1) is 11.7 Å². The molecule has 0 amide bonds. The third kappa shape index (κ3) is 4.47. The summed E-state index contributed by atoms with van der Waals surface area (Å²) < 4.78 is 13.5. The van der Waals surface area contributed by atoms with Crippen molar-refractivity contribution in [3.8, 4) is 0 Å². The summed E-state index contributed by atoms with van der Waals surface area (Å²) in [6.07, 6.45) is 1.86. The van der Waals surface area contributed by atoms with Gasteiger partial charge in [0, 0.05) is 12.1 Å². The van der Waals surface area contributed by atoms with E-state index in [1.165, 1.54) is 6.07 Å². The first-order valence-electron chi connectivity index (χ1n) is 6.54. The maximum Gasteiger partial charge on any atom is 0.126 e. The zero-order chi connectivity index (χ0) is 12.8. The highest BCUT2D eigenvalue weighted by Crippen LogP contribution is 2.11. The minimum Gasteiger partial charge on any atom is -0.311 e. The lowest BCUT2D eigenvalue weighted by Gasteiger charge is -2.25. The lowest BCUT2D eigenvalue weighted by molar-refractivity contribution is 0.349. The van der Waals surface area contributed by atoms with Crippen molar-refractivity contribution in [1.29, 1.82) is 0 Å². The minimum atomic E-state index is -0.0984. The van der Waals surface area contributed by atoms with Crippen LogP contribution >= 0.6 is 0 Å². The summed E-state index contributed by atoms with van der Waals surface area (Å²) in [5, 5.41) is 3.58. The number of rotatable bonds is 6. The van der Waals surface area contributed by atoms with E-state index in [2.05, 4.69) is 33.0 Å². The van der Waals surface area contributed by atoms with Gasteiger partial charge in [-0.1, -0.05) is 39.0 Å². The fourth-order valence-corrected chi connectivity index (χ4v) is 2.20. The van der Waals surface area contributed by atoms with Gasteiger partial charge in [0.2, 0.25) is 0 Å². The summed E-state index contributed by atoms with van der Waals surface area (Å²) in [6, 6.07) is 7.84. The van der Waals surface area contributed by atoms with E-state index in [-0.39, 0.29) is 5.82 Å². The van der Waals surface area contributed by atoms with Gasteiger partial charge in [-0.3, -0.25) is 0 Å². The zero-order valence-electron chi connectivity index (χ0n) is 11.3. The first kappa shape index (κ1) is 14.2. The van der Waals surface area contributed by atoms with Crippen molar-refractivity contribution in [2.75, 3.05) is 0 Å². The van der Waals surface area contributed by atoms with Gasteiger partial charge in [0.15, 0.2) is 0 Å². The molecule has 0 saturated carbocycles. The Bertz CT molecular complexity index is 335. The first-order valence-corrected chi connectivity index (χ1v) is 6.54. The van der Waals surface area contributed by atoms with Crippen LogP contribution in [-0.2, 0) is 6.42 Å². The molecule has 0 aromatic heterocycles. The van der Waals surface area contributed by atoms with Crippen molar-refractivity contribution < 1.29 is 4.39 Å². The Morgan fingerprint density at radius 2 is 1.82 bits per heavy atom. The van der Waals surface area contributed by atoms with Crippen LogP contribution in [0.25, 0.3) is 0 Å². The molecule has 96 valence electrons. The summed E-state index contributed by atoms with van der Waals surface area (Å²) >= 11 is 0. The van der Waals surface area contributed by atoms with E-state index >= 15 is 0 Å². The van der Waals surface area contributed by atoms with Crippen LogP contribution in [0.15, 0.2) is 24.3 Å². The highest BCUT2D eigenvalue weighted by molar-refractivity contribution is 5.18. The largest absolute Gasteiger partial charge is 0.311 e. The SMILES string of the molecule is CCC(NC(C)Cc1ccccc1F)C(C)C. The maximum absolute atomic E-state index is 13.5. The molecule has 0 fully saturated rings. The van der Waals surface area contributed by atoms with Crippen LogP contribution in [0.3, 0.4) is 0 Å². The number of hydrogen-bond acceptors (Lipinski definition) is 1. The molecule has 1 rings (SSSR count). The second-order valence-electron chi connectivity index (χ2n) is 5.12. The second-order valence-corrected chi connectivity index (χ2v) is 5.12. The van der Waals surface area contributed by atoms with Gasteiger partial charge < -0.3 is 5.32 Å². The average Bonchev–Trinajstić information content (AvgIpc) is 2.28. The lowest BCUT2D eigenvalue weighted by atomic mass is 9.99. The molecule has 1 aromatic carbocycles. The summed E-state index contributed by atoms with van der Waals surface area (Å²) in [5.74, 6) is 0.516. The highest BCUT2D eigenvalue weighted by Gasteiger charge is 2.14. The number of nitrogens with one attached hydrogen (secondary N) is 1. The Morgan fingerprint density at radius 3 is 2.35 bits per heavy atom. The number of benzene rings is 1. The van der Waals surface area contributed by atoms with Gasteiger partial charge in [-0.05, 0) is 37.3 Å². The molecule has 0 spiro atoms. The van der Waals surface area contributed by atoms with E-state index in [4.69, 9.17) is 0 Å². The molecule has 17 heavy (non-hydrogen) atoms. The summed E-state index contributed by atoms with van der Waals surface area (Å²) in [6.45, 7) is 8.75. The predicted molar refractivity (Wildman–Crippen MR) is 71.6 cm³/mol. The molecule has 0 aliphatic heterocycles. The van der Waals surface area contributed by atoms with E-state index in [9.17, 15) is 4.39 Å². The van der Waals surface area contributed by atoms with Gasteiger partial charge in [-0.2, -0.15) is 0 Å². The van der Waals surface area contributed by atoms with Crippen LogP contribution < -0.4 is 5.32 Å². The standard InChI is InChI=1S/C15H24FN/c1-5-15(11(2)3)17-12(4)10-13-8-6-7-9-14(13)16/h6-9,11-12,15,17H,5,10H2,1-4H3. The third-order valence-electron chi connectivity index (χ3n) is 3.23. The van der Waals surface area contributed by atoms with Crippen molar-refractivity contribution >= 4 is 0 Å². The smallest absolute Gasteiger partial charge is 0.126 e. The van der Waals surface area contributed by atoms with E-state index < -0.39 is 0 Å².